The average molecular weight is 252 g/mol. The zero-order valence-electron chi connectivity index (χ0n) is 11.0. The van der Waals surface area contributed by atoms with Crippen molar-refractivity contribution in [1.82, 2.24) is 0 Å². The minimum atomic E-state index is -0.500. The molecule has 4 heteroatoms. The van der Waals surface area contributed by atoms with Gasteiger partial charge in [0.1, 0.15) is 0 Å². The first kappa shape index (κ1) is 14.8. The molecule has 1 aliphatic carbocycles. The average Bonchev–Trinajstić information content (AvgIpc) is 2.37. The minimum Gasteiger partial charge on any atom is -0.392 e. The van der Waals surface area contributed by atoms with Gasteiger partial charge in [0.2, 0.25) is 0 Å². The van der Waals surface area contributed by atoms with Gasteiger partial charge in [0.25, 0.3) is 0 Å². The van der Waals surface area contributed by atoms with Crippen LogP contribution in [-0.2, 0) is 9.59 Å². The van der Waals surface area contributed by atoms with Crippen molar-refractivity contribution in [3.8, 4) is 0 Å². The van der Waals surface area contributed by atoms with Crippen LogP contribution in [0, 0.1) is 0 Å². The van der Waals surface area contributed by atoms with E-state index in [0.29, 0.717) is 17.6 Å². The number of rotatable bonds is 6. The highest BCUT2D eigenvalue weighted by atomic mass is 16.3. The molecule has 1 aliphatic rings. The first-order valence-electron chi connectivity index (χ1n) is 6.31. The summed E-state index contributed by atoms with van der Waals surface area (Å²) >= 11 is 0. The molecule has 1 rings (SSSR count). The van der Waals surface area contributed by atoms with Crippen LogP contribution >= 0.6 is 0 Å². The Morgan fingerprint density at radius 2 is 1.44 bits per heavy atom. The van der Waals surface area contributed by atoms with Gasteiger partial charge < -0.3 is 10.2 Å². The Balaban J connectivity index is 3.02. The molecule has 0 atom stereocenters. The standard InChI is InChI=1S/C14H20O4/c1-3-4-5-6-10-9(2)13(17)11(7-15)12(8-16)14(10)18/h15-16H,3-8H2,1-2H3. The zero-order valence-corrected chi connectivity index (χ0v) is 11.0. The van der Waals surface area contributed by atoms with Gasteiger partial charge in [-0.05, 0) is 19.8 Å². The molecule has 100 valence electrons. The van der Waals surface area contributed by atoms with Crippen LogP contribution in [0.5, 0.6) is 0 Å². The summed E-state index contributed by atoms with van der Waals surface area (Å²) in [6.45, 7) is 2.69. The third-order valence-electron chi connectivity index (χ3n) is 3.33. The van der Waals surface area contributed by atoms with E-state index in [1.165, 1.54) is 0 Å². The molecule has 0 saturated heterocycles. The summed E-state index contributed by atoms with van der Waals surface area (Å²) in [6, 6.07) is 0. The van der Waals surface area contributed by atoms with Gasteiger partial charge >= 0.3 is 0 Å². The van der Waals surface area contributed by atoms with Crippen LogP contribution in [0.1, 0.15) is 39.5 Å². The van der Waals surface area contributed by atoms with Crippen molar-refractivity contribution >= 4 is 11.6 Å². The fourth-order valence-electron chi connectivity index (χ4n) is 2.18. The quantitative estimate of drug-likeness (QED) is 0.552. The van der Waals surface area contributed by atoms with E-state index in [9.17, 15) is 14.7 Å². The fraction of sp³-hybridized carbons (Fsp3) is 0.571. The van der Waals surface area contributed by atoms with Crippen molar-refractivity contribution in [1.29, 1.82) is 0 Å². The van der Waals surface area contributed by atoms with Gasteiger partial charge in [-0.25, -0.2) is 0 Å². The smallest absolute Gasteiger partial charge is 0.188 e. The molecule has 4 nitrogen and oxygen atoms in total. The topological polar surface area (TPSA) is 74.6 Å². The third kappa shape index (κ3) is 2.76. The van der Waals surface area contributed by atoms with Crippen LogP contribution in [0.3, 0.4) is 0 Å². The fourth-order valence-corrected chi connectivity index (χ4v) is 2.18. The number of hydrogen-bond donors (Lipinski definition) is 2. The molecule has 0 amide bonds. The van der Waals surface area contributed by atoms with Gasteiger partial charge in [0.15, 0.2) is 11.6 Å². The maximum Gasteiger partial charge on any atom is 0.188 e. The number of ketones is 2. The number of carbonyl (C=O) groups is 2. The summed E-state index contributed by atoms with van der Waals surface area (Å²) in [4.78, 5) is 24.1. The SMILES string of the molecule is CCCCCC1=C(C)C(=O)C(CO)=C(CO)C1=O. The normalized spacial score (nSPS) is 16.9. The molecule has 2 N–H and O–H groups in total. The van der Waals surface area contributed by atoms with Crippen LogP contribution < -0.4 is 0 Å². The molecule has 0 aromatic carbocycles. The summed E-state index contributed by atoms with van der Waals surface area (Å²) in [6.07, 6.45) is 3.46. The Morgan fingerprint density at radius 1 is 0.889 bits per heavy atom. The second-order valence-electron chi connectivity index (χ2n) is 4.49. The van der Waals surface area contributed by atoms with Gasteiger partial charge in [0.05, 0.1) is 13.2 Å². The molecule has 0 radical (unpaired) electrons. The predicted octanol–water partition coefficient (Wildman–Crippen LogP) is 1.32. The minimum absolute atomic E-state index is 0.0410. The van der Waals surface area contributed by atoms with E-state index in [2.05, 4.69) is 6.92 Å². The number of carbonyl (C=O) groups excluding carboxylic acids is 2. The first-order valence-corrected chi connectivity index (χ1v) is 6.31. The van der Waals surface area contributed by atoms with E-state index in [1.54, 1.807) is 6.92 Å². The lowest BCUT2D eigenvalue weighted by molar-refractivity contribution is -0.117. The molecule has 0 aromatic rings. The molecule has 0 aromatic heterocycles. The summed E-state index contributed by atoms with van der Waals surface area (Å²) in [5.74, 6) is -0.595. The predicted molar refractivity (Wildman–Crippen MR) is 68.1 cm³/mol. The second kappa shape index (κ2) is 6.61. The van der Waals surface area contributed by atoms with Crippen molar-refractivity contribution < 1.29 is 19.8 Å². The highest BCUT2D eigenvalue weighted by Gasteiger charge is 2.30. The number of allylic oxidation sites excluding steroid dienone is 2. The summed E-state index contributed by atoms with van der Waals surface area (Å²) in [7, 11) is 0. The molecule has 0 spiro atoms. The van der Waals surface area contributed by atoms with Crippen LogP contribution in [0.2, 0.25) is 0 Å². The van der Waals surface area contributed by atoms with Crippen LogP contribution in [0.25, 0.3) is 0 Å². The third-order valence-corrected chi connectivity index (χ3v) is 3.33. The number of hydrogen-bond acceptors (Lipinski definition) is 4. The van der Waals surface area contributed by atoms with E-state index in [0.717, 1.165) is 19.3 Å². The molecule has 0 unspecified atom stereocenters. The van der Waals surface area contributed by atoms with Gasteiger partial charge in [-0.3, -0.25) is 9.59 Å². The van der Waals surface area contributed by atoms with Gasteiger partial charge in [0, 0.05) is 22.3 Å². The largest absolute Gasteiger partial charge is 0.392 e. The van der Waals surface area contributed by atoms with Crippen LogP contribution in [0.4, 0.5) is 0 Å². The molecule has 0 aliphatic heterocycles. The second-order valence-corrected chi connectivity index (χ2v) is 4.49. The highest BCUT2D eigenvalue weighted by molar-refractivity contribution is 6.25. The molecular weight excluding hydrogens is 232 g/mol. The Morgan fingerprint density at radius 3 is 1.94 bits per heavy atom. The number of aliphatic hydroxyl groups is 2. The number of unbranched alkanes of at least 4 members (excludes halogenated alkanes) is 2. The lowest BCUT2D eigenvalue weighted by Crippen LogP contribution is -2.26. The lowest BCUT2D eigenvalue weighted by atomic mass is 9.83. The Hall–Kier alpha value is -1.26. The van der Waals surface area contributed by atoms with E-state index < -0.39 is 13.2 Å². The van der Waals surface area contributed by atoms with Crippen molar-refractivity contribution in [3.63, 3.8) is 0 Å². The van der Waals surface area contributed by atoms with E-state index in [-0.39, 0.29) is 22.7 Å². The van der Waals surface area contributed by atoms with Gasteiger partial charge in [-0.15, -0.1) is 0 Å². The summed E-state index contributed by atoms with van der Waals surface area (Å²) in [5.41, 5.74) is 1.01. The summed E-state index contributed by atoms with van der Waals surface area (Å²) < 4.78 is 0. The molecule has 0 heterocycles. The molecule has 0 bridgehead atoms. The van der Waals surface area contributed by atoms with Crippen molar-refractivity contribution in [2.45, 2.75) is 39.5 Å². The molecule has 0 fully saturated rings. The lowest BCUT2D eigenvalue weighted by Gasteiger charge is -2.20. The van der Waals surface area contributed by atoms with E-state index in [1.807, 2.05) is 0 Å². The number of Topliss-reactive ketones (excluding diaryl/α,β-unsaturated/α-hetero) is 2. The zero-order chi connectivity index (χ0) is 13.7. The van der Waals surface area contributed by atoms with Crippen LogP contribution in [-0.4, -0.2) is 35.0 Å². The maximum absolute atomic E-state index is 12.1. The number of aliphatic hydroxyl groups excluding tert-OH is 2. The first-order chi connectivity index (χ1) is 8.58. The Kier molecular flexibility index (Phi) is 5.44. The van der Waals surface area contributed by atoms with Crippen molar-refractivity contribution in [2.24, 2.45) is 0 Å². The van der Waals surface area contributed by atoms with Gasteiger partial charge in [-0.1, -0.05) is 19.8 Å². The highest BCUT2D eigenvalue weighted by Crippen LogP contribution is 2.27. The molecular formula is C14H20O4. The van der Waals surface area contributed by atoms with E-state index in [4.69, 9.17) is 5.11 Å². The maximum atomic E-state index is 12.1. The molecule has 18 heavy (non-hydrogen) atoms. The van der Waals surface area contributed by atoms with Crippen LogP contribution in [0.15, 0.2) is 22.3 Å². The molecule has 0 saturated carbocycles. The Bertz CT molecular complexity index is 416. The Labute approximate surface area is 107 Å². The van der Waals surface area contributed by atoms with E-state index >= 15 is 0 Å². The van der Waals surface area contributed by atoms with Crippen molar-refractivity contribution in [3.05, 3.63) is 22.3 Å². The monoisotopic (exact) mass is 252 g/mol. The summed E-state index contributed by atoms with van der Waals surface area (Å²) in [5, 5.41) is 18.3. The van der Waals surface area contributed by atoms with Crippen molar-refractivity contribution in [2.75, 3.05) is 13.2 Å². The van der Waals surface area contributed by atoms with Gasteiger partial charge in [-0.2, -0.15) is 0 Å².